The minimum Gasteiger partial charge on any atom is -0.463 e. The highest BCUT2D eigenvalue weighted by atomic mass is 79.9. The first-order chi connectivity index (χ1) is 10.2. The van der Waals surface area contributed by atoms with E-state index in [1.54, 1.807) is 6.07 Å². The third-order valence-corrected chi connectivity index (χ3v) is 3.87. The quantitative estimate of drug-likeness (QED) is 0.797. The summed E-state index contributed by atoms with van der Waals surface area (Å²) >= 11 is 3.44. The zero-order chi connectivity index (χ0) is 15.2. The normalized spacial score (nSPS) is 12.1. The molecule has 2 aromatic rings. The van der Waals surface area contributed by atoms with Gasteiger partial charge in [0, 0.05) is 22.6 Å². The van der Waals surface area contributed by atoms with Crippen LogP contribution in [-0.2, 0) is 11.3 Å². The molecule has 0 aliphatic rings. The second-order valence-electron chi connectivity index (χ2n) is 4.66. The summed E-state index contributed by atoms with van der Waals surface area (Å²) in [6.07, 6.45) is 2.46. The van der Waals surface area contributed by atoms with Crippen molar-refractivity contribution >= 4 is 21.9 Å². The van der Waals surface area contributed by atoms with Gasteiger partial charge in [0.05, 0.1) is 13.4 Å². The lowest BCUT2D eigenvalue weighted by Gasteiger charge is -2.17. The van der Waals surface area contributed by atoms with E-state index in [2.05, 4.69) is 40.3 Å². The van der Waals surface area contributed by atoms with Crippen LogP contribution in [0.3, 0.4) is 0 Å². The number of esters is 1. The molecule has 21 heavy (non-hydrogen) atoms. The fourth-order valence-corrected chi connectivity index (χ4v) is 2.44. The zero-order valence-electron chi connectivity index (χ0n) is 12.1. The number of carbonyl (C=O) groups excluding carboxylic acids is 1. The highest BCUT2D eigenvalue weighted by Crippen LogP contribution is 2.21. The molecule has 4 nitrogen and oxygen atoms in total. The van der Waals surface area contributed by atoms with Crippen LogP contribution in [0.5, 0.6) is 0 Å². The van der Waals surface area contributed by atoms with Crippen LogP contribution in [0, 0.1) is 0 Å². The Hall–Kier alpha value is -1.59. The second-order valence-corrected chi connectivity index (χ2v) is 5.58. The minimum absolute atomic E-state index is 0.221. The molecule has 1 aromatic heterocycles. The molecular formula is C16H18BrNO3. The summed E-state index contributed by atoms with van der Waals surface area (Å²) in [6.45, 7) is 2.67. The van der Waals surface area contributed by atoms with Crippen LogP contribution in [0.1, 0.15) is 41.1 Å². The van der Waals surface area contributed by atoms with Crippen molar-refractivity contribution in [2.24, 2.45) is 0 Å². The van der Waals surface area contributed by atoms with E-state index in [4.69, 9.17) is 9.15 Å². The van der Waals surface area contributed by atoms with E-state index in [1.807, 2.05) is 12.1 Å². The summed E-state index contributed by atoms with van der Waals surface area (Å²) in [5.74, 6) is -0.191. The number of halogens is 1. The Bertz CT molecular complexity index is 592. The molecule has 1 atom stereocenters. The van der Waals surface area contributed by atoms with E-state index in [0.29, 0.717) is 6.54 Å². The van der Waals surface area contributed by atoms with E-state index in [0.717, 1.165) is 16.5 Å². The van der Waals surface area contributed by atoms with Crippen LogP contribution in [0.2, 0.25) is 0 Å². The largest absolute Gasteiger partial charge is 0.463 e. The summed E-state index contributed by atoms with van der Waals surface area (Å²) < 4.78 is 10.9. The number of furan rings is 1. The summed E-state index contributed by atoms with van der Waals surface area (Å²) in [7, 11) is 1.35. The summed E-state index contributed by atoms with van der Waals surface area (Å²) in [6, 6.07) is 10.2. The number of hydrogen-bond acceptors (Lipinski definition) is 4. The van der Waals surface area contributed by atoms with E-state index in [9.17, 15) is 4.79 Å². The third-order valence-electron chi connectivity index (χ3n) is 3.34. The summed E-state index contributed by atoms with van der Waals surface area (Å²) in [5.41, 5.74) is 2.02. The Morgan fingerprint density at radius 1 is 1.33 bits per heavy atom. The Labute approximate surface area is 132 Å². The average Bonchev–Trinajstić information content (AvgIpc) is 2.97. The van der Waals surface area contributed by atoms with Crippen LogP contribution in [-0.4, -0.2) is 13.1 Å². The molecule has 0 spiro atoms. The maximum Gasteiger partial charge on any atom is 0.374 e. The SMILES string of the molecule is CCC(NCc1ccoc1C(=O)OC)c1ccc(Br)cc1. The monoisotopic (exact) mass is 351 g/mol. The molecular weight excluding hydrogens is 334 g/mol. The van der Waals surface area contributed by atoms with E-state index < -0.39 is 5.97 Å². The molecule has 0 saturated carbocycles. The van der Waals surface area contributed by atoms with Crippen LogP contribution >= 0.6 is 15.9 Å². The lowest BCUT2D eigenvalue weighted by atomic mass is 10.0. The molecule has 112 valence electrons. The van der Waals surface area contributed by atoms with Crippen molar-refractivity contribution in [2.45, 2.75) is 25.9 Å². The standard InChI is InChI=1S/C16H18BrNO3/c1-3-14(11-4-6-13(17)7-5-11)18-10-12-8-9-21-15(12)16(19)20-2/h4-9,14,18H,3,10H2,1-2H3. The maximum atomic E-state index is 11.6. The van der Waals surface area contributed by atoms with Crippen molar-refractivity contribution in [3.05, 3.63) is 58.0 Å². The van der Waals surface area contributed by atoms with Crippen LogP contribution < -0.4 is 5.32 Å². The highest BCUT2D eigenvalue weighted by molar-refractivity contribution is 9.10. The summed E-state index contributed by atoms with van der Waals surface area (Å²) in [5, 5.41) is 3.44. The molecule has 2 rings (SSSR count). The van der Waals surface area contributed by atoms with Crippen molar-refractivity contribution in [1.29, 1.82) is 0 Å². The van der Waals surface area contributed by atoms with Gasteiger partial charge in [0.15, 0.2) is 0 Å². The molecule has 0 aliphatic heterocycles. The number of ether oxygens (including phenoxy) is 1. The van der Waals surface area contributed by atoms with Gasteiger partial charge in [0.2, 0.25) is 5.76 Å². The first-order valence-corrected chi connectivity index (χ1v) is 7.58. The molecule has 1 unspecified atom stereocenters. The second kappa shape index (κ2) is 7.43. The van der Waals surface area contributed by atoms with Crippen molar-refractivity contribution < 1.29 is 13.9 Å². The molecule has 5 heteroatoms. The first kappa shape index (κ1) is 15.8. The predicted molar refractivity (Wildman–Crippen MR) is 84.1 cm³/mol. The minimum atomic E-state index is -0.450. The number of carbonyl (C=O) groups is 1. The van der Waals surface area contributed by atoms with Crippen LogP contribution in [0.15, 0.2) is 45.5 Å². The number of rotatable bonds is 6. The van der Waals surface area contributed by atoms with Gasteiger partial charge in [-0.2, -0.15) is 0 Å². The molecule has 1 aromatic carbocycles. The van der Waals surface area contributed by atoms with Gasteiger partial charge in [-0.1, -0.05) is 35.0 Å². The van der Waals surface area contributed by atoms with E-state index in [1.165, 1.54) is 18.9 Å². The van der Waals surface area contributed by atoms with Crippen molar-refractivity contribution in [1.82, 2.24) is 5.32 Å². The van der Waals surface area contributed by atoms with Crippen LogP contribution in [0.25, 0.3) is 0 Å². The van der Waals surface area contributed by atoms with Crippen molar-refractivity contribution in [3.63, 3.8) is 0 Å². The molecule has 0 bridgehead atoms. The molecule has 0 fully saturated rings. The van der Waals surface area contributed by atoms with Gasteiger partial charge >= 0.3 is 5.97 Å². The lowest BCUT2D eigenvalue weighted by molar-refractivity contribution is 0.0563. The number of benzene rings is 1. The number of nitrogens with one attached hydrogen (secondary N) is 1. The van der Waals surface area contributed by atoms with Gasteiger partial charge in [-0.05, 0) is 30.2 Å². The lowest BCUT2D eigenvalue weighted by Crippen LogP contribution is -2.21. The highest BCUT2D eigenvalue weighted by Gasteiger charge is 2.17. The Balaban J connectivity index is 2.05. The first-order valence-electron chi connectivity index (χ1n) is 6.79. The fourth-order valence-electron chi connectivity index (χ4n) is 2.17. The van der Waals surface area contributed by atoms with Gasteiger partial charge in [0.25, 0.3) is 0 Å². The smallest absolute Gasteiger partial charge is 0.374 e. The van der Waals surface area contributed by atoms with Gasteiger partial charge in [-0.25, -0.2) is 4.79 Å². The Morgan fingerprint density at radius 2 is 2.05 bits per heavy atom. The molecule has 1 heterocycles. The average molecular weight is 352 g/mol. The Morgan fingerprint density at radius 3 is 2.67 bits per heavy atom. The summed E-state index contributed by atoms with van der Waals surface area (Å²) in [4.78, 5) is 11.6. The van der Waals surface area contributed by atoms with Gasteiger partial charge in [-0.15, -0.1) is 0 Å². The molecule has 0 amide bonds. The number of hydrogen-bond donors (Lipinski definition) is 1. The van der Waals surface area contributed by atoms with Crippen molar-refractivity contribution in [3.8, 4) is 0 Å². The van der Waals surface area contributed by atoms with Gasteiger partial charge in [-0.3, -0.25) is 0 Å². The Kier molecular flexibility index (Phi) is 5.59. The van der Waals surface area contributed by atoms with Crippen molar-refractivity contribution in [2.75, 3.05) is 7.11 Å². The van der Waals surface area contributed by atoms with E-state index >= 15 is 0 Å². The van der Waals surface area contributed by atoms with Gasteiger partial charge in [0.1, 0.15) is 0 Å². The number of methoxy groups -OCH3 is 1. The third kappa shape index (κ3) is 3.95. The molecule has 1 N–H and O–H groups in total. The maximum absolute atomic E-state index is 11.6. The molecule has 0 aliphatic carbocycles. The van der Waals surface area contributed by atoms with Crippen LogP contribution in [0.4, 0.5) is 0 Å². The molecule has 0 saturated heterocycles. The predicted octanol–water partition coefficient (Wildman–Crippen LogP) is 4.07. The molecule has 0 radical (unpaired) electrons. The van der Waals surface area contributed by atoms with Gasteiger partial charge < -0.3 is 14.5 Å². The topological polar surface area (TPSA) is 51.5 Å². The zero-order valence-corrected chi connectivity index (χ0v) is 13.6. The van der Waals surface area contributed by atoms with E-state index in [-0.39, 0.29) is 11.8 Å². The fraction of sp³-hybridized carbons (Fsp3) is 0.312.